The van der Waals surface area contributed by atoms with E-state index < -0.39 is 11.6 Å². The molecule has 0 amide bonds. The van der Waals surface area contributed by atoms with Gasteiger partial charge in [-0.05, 0) is 23.6 Å². The van der Waals surface area contributed by atoms with Gasteiger partial charge in [-0.25, -0.2) is 8.78 Å². The number of benzene rings is 1. The Morgan fingerprint density at radius 2 is 1.67 bits per heavy atom. The van der Waals surface area contributed by atoms with E-state index in [-0.39, 0.29) is 17.7 Å². The zero-order chi connectivity index (χ0) is 13.7. The lowest BCUT2D eigenvalue weighted by atomic mass is 10.2. The summed E-state index contributed by atoms with van der Waals surface area (Å²) in [6, 6.07) is 2.90. The third-order valence-corrected chi connectivity index (χ3v) is 2.33. The quantitative estimate of drug-likeness (QED) is 0.842. The molecule has 1 aromatic rings. The predicted octanol–water partition coefficient (Wildman–Crippen LogP) is 3.50. The second-order valence-electron chi connectivity index (χ2n) is 5.13. The van der Waals surface area contributed by atoms with Crippen molar-refractivity contribution in [3.8, 4) is 5.75 Å². The van der Waals surface area contributed by atoms with Crippen LogP contribution in [0.4, 0.5) is 8.78 Å². The van der Waals surface area contributed by atoms with E-state index in [1.807, 2.05) is 27.7 Å². The van der Waals surface area contributed by atoms with Crippen LogP contribution >= 0.6 is 0 Å². The number of hydrogen-bond acceptors (Lipinski definition) is 2. The van der Waals surface area contributed by atoms with Gasteiger partial charge < -0.3 is 10.1 Å². The van der Waals surface area contributed by atoms with E-state index in [1.165, 1.54) is 12.1 Å². The fourth-order valence-corrected chi connectivity index (χ4v) is 1.42. The van der Waals surface area contributed by atoms with E-state index in [0.717, 1.165) is 0 Å². The smallest absolute Gasteiger partial charge is 0.190 e. The largest absolute Gasteiger partial charge is 0.487 e. The minimum atomic E-state index is -0.642. The maximum absolute atomic E-state index is 13.7. The van der Waals surface area contributed by atoms with Crippen molar-refractivity contribution in [2.75, 3.05) is 6.61 Å². The van der Waals surface area contributed by atoms with Gasteiger partial charge in [-0.3, -0.25) is 0 Å². The molecule has 102 valence electrons. The molecule has 1 rings (SSSR count). The van der Waals surface area contributed by atoms with Crippen LogP contribution in [0.15, 0.2) is 12.1 Å². The molecule has 0 radical (unpaired) electrons. The van der Waals surface area contributed by atoms with Crippen LogP contribution in [0.2, 0.25) is 0 Å². The highest BCUT2D eigenvalue weighted by atomic mass is 19.1. The van der Waals surface area contributed by atoms with Gasteiger partial charge in [0, 0.05) is 12.6 Å². The SMILES string of the molecule is CC(C)COc1c(F)cc(CNC(C)C)cc1F. The van der Waals surface area contributed by atoms with Gasteiger partial charge in [-0.2, -0.15) is 0 Å². The fraction of sp³-hybridized carbons (Fsp3) is 0.571. The van der Waals surface area contributed by atoms with E-state index in [0.29, 0.717) is 18.7 Å². The molecule has 0 saturated carbocycles. The van der Waals surface area contributed by atoms with Gasteiger partial charge in [0.25, 0.3) is 0 Å². The molecule has 0 aliphatic rings. The highest BCUT2D eigenvalue weighted by Gasteiger charge is 2.13. The third-order valence-electron chi connectivity index (χ3n) is 2.33. The molecule has 0 aliphatic carbocycles. The minimum absolute atomic E-state index is 0.228. The Morgan fingerprint density at radius 1 is 1.11 bits per heavy atom. The Balaban J connectivity index is 2.77. The van der Waals surface area contributed by atoms with Crippen molar-refractivity contribution in [1.82, 2.24) is 5.32 Å². The maximum atomic E-state index is 13.7. The van der Waals surface area contributed by atoms with Crippen LogP contribution in [0.3, 0.4) is 0 Å². The Bertz CT molecular complexity index is 368. The maximum Gasteiger partial charge on any atom is 0.190 e. The van der Waals surface area contributed by atoms with Gasteiger partial charge in [-0.15, -0.1) is 0 Å². The van der Waals surface area contributed by atoms with E-state index in [2.05, 4.69) is 5.32 Å². The van der Waals surface area contributed by atoms with Crippen molar-refractivity contribution in [3.05, 3.63) is 29.3 Å². The highest BCUT2D eigenvalue weighted by Crippen LogP contribution is 2.23. The molecule has 4 heteroatoms. The van der Waals surface area contributed by atoms with E-state index in [9.17, 15) is 8.78 Å². The number of halogens is 2. The second kappa shape index (κ2) is 6.69. The van der Waals surface area contributed by atoms with Crippen LogP contribution in [-0.4, -0.2) is 12.6 Å². The monoisotopic (exact) mass is 257 g/mol. The van der Waals surface area contributed by atoms with Crippen LogP contribution in [-0.2, 0) is 6.54 Å². The molecule has 0 fully saturated rings. The summed E-state index contributed by atoms with van der Waals surface area (Å²) in [4.78, 5) is 0. The van der Waals surface area contributed by atoms with Crippen LogP contribution in [0.25, 0.3) is 0 Å². The van der Waals surface area contributed by atoms with E-state index >= 15 is 0 Å². The molecule has 1 N–H and O–H groups in total. The van der Waals surface area contributed by atoms with Gasteiger partial charge in [-0.1, -0.05) is 27.7 Å². The summed E-state index contributed by atoms with van der Waals surface area (Å²) in [5.74, 6) is -1.34. The number of rotatable bonds is 6. The molecule has 0 bridgehead atoms. The van der Waals surface area contributed by atoms with Gasteiger partial charge >= 0.3 is 0 Å². The van der Waals surface area contributed by atoms with Crippen molar-refractivity contribution in [3.63, 3.8) is 0 Å². The van der Waals surface area contributed by atoms with Crippen LogP contribution < -0.4 is 10.1 Å². The molecule has 0 aromatic heterocycles. The molecule has 0 spiro atoms. The summed E-state index contributed by atoms with van der Waals surface area (Å²) in [5.41, 5.74) is 0.579. The van der Waals surface area contributed by atoms with E-state index in [4.69, 9.17) is 4.74 Å². The zero-order valence-electron chi connectivity index (χ0n) is 11.4. The first-order valence-electron chi connectivity index (χ1n) is 6.24. The molecular weight excluding hydrogens is 236 g/mol. The normalized spacial score (nSPS) is 11.3. The van der Waals surface area contributed by atoms with Crippen LogP contribution in [0, 0.1) is 17.6 Å². The molecule has 0 heterocycles. The average Bonchev–Trinajstić information content (AvgIpc) is 2.24. The molecule has 1 aromatic carbocycles. The first-order valence-corrected chi connectivity index (χ1v) is 6.24. The van der Waals surface area contributed by atoms with Gasteiger partial charge in [0.05, 0.1) is 6.61 Å². The molecule has 0 aliphatic heterocycles. The van der Waals surface area contributed by atoms with Gasteiger partial charge in [0.1, 0.15) is 0 Å². The molecule has 2 nitrogen and oxygen atoms in total. The second-order valence-corrected chi connectivity index (χ2v) is 5.13. The number of ether oxygens (including phenoxy) is 1. The Morgan fingerprint density at radius 3 is 2.11 bits per heavy atom. The molecule has 18 heavy (non-hydrogen) atoms. The average molecular weight is 257 g/mol. The van der Waals surface area contributed by atoms with Crippen molar-refractivity contribution in [2.45, 2.75) is 40.3 Å². The van der Waals surface area contributed by atoms with E-state index in [1.54, 1.807) is 0 Å². The minimum Gasteiger partial charge on any atom is -0.487 e. The standard InChI is InChI=1S/C14H21F2NO/c1-9(2)8-18-14-12(15)5-11(6-13(14)16)7-17-10(3)4/h5-6,9-10,17H,7-8H2,1-4H3. The lowest BCUT2D eigenvalue weighted by Gasteiger charge is -2.13. The van der Waals surface area contributed by atoms with Crippen molar-refractivity contribution in [1.29, 1.82) is 0 Å². The molecule has 0 unspecified atom stereocenters. The summed E-state index contributed by atoms with van der Waals surface area (Å²) in [6.45, 7) is 8.56. The Kier molecular flexibility index (Phi) is 5.54. The lowest BCUT2D eigenvalue weighted by Crippen LogP contribution is -2.22. The Labute approximate surface area is 107 Å². The van der Waals surface area contributed by atoms with Gasteiger partial charge in [0.15, 0.2) is 17.4 Å². The summed E-state index contributed by atoms with van der Waals surface area (Å²) in [7, 11) is 0. The lowest BCUT2D eigenvalue weighted by molar-refractivity contribution is 0.247. The summed E-state index contributed by atoms with van der Waals surface area (Å²) in [6.07, 6.45) is 0. The Hall–Kier alpha value is -1.16. The number of hydrogen-bond donors (Lipinski definition) is 1. The topological polar surface area (TPSA) is 21.3 Å². The molecule has 0 atom stereocenters. The summed E-state index contributed by atoms with van der Waals surface area (Å²) >= 11 is 0. The zero-order valence-corrected chi connectivity index (χ0v) is 11.4. The molecular formula is C14H21F2NO. The number of nitrogens with one attached hydrogen (secondary N) is 1. The van der Waals surface area contributed by atoms with Crippen LogP contribution in [0.1, 0.15) is 33.3 Å². The summed E-state index contributed by atoms with van der Waals surface area (Å²) in [5, 5.41) is 3.11. The van der Waals surface area contributed by atoms with Crippen LogP contribution in [0.5, 0.6) is 5.75 Å². The fourth-order valence-electron chi connectivity index (χ4n) is 1.42. The predicted molar refractivity (Wildman–Crippen MR) is 68.7 cm³/mol. The first-order chi connectivity index (χ1) is 8.40. The van der Waals surface area contributed by atoms with Crippen molar-refractivity contribution in [2.24, 2.45) is 5.92 Å². The summed E-state index contributed by atoms with van der Waals surface area (Å²) < 4.78 is 32.5. The van der Waals surface area contributed by atoms with Crippen molar-refractivity contribution < 1.29 is 13.5 Å². The third kappa shape index (κ3) is 4.61. The van der Waals surface area contributed by atoms with Crippen molar-refractivity contribution >= 4 is 0 Å². The highest BCUT2D eigenvalue weighted by molar-refractivity contribution is 5.31. The van der Waals surface area contributed by atoms with Gasteiger partial charge in [0.2, 0.25) is 0 Å². The first kappa shape index (κ1) is 14.9. The molecule has 0 saturated heterocycles.